The molecular formula is C19H19ClN4O2S. The maximum Gasteiger partial charge on any atom is 0.227 e. The first-order chi connectivity index (χ1) is 13.2. The van der Waals surface area contributed by atoms with E-state index in [0.29, 0.717) is 37.6 Å². The molecule has 4 rings (SSSR count). The second-order valence-electron chi connectivity index (χ2n) is 6.37. The van der Waals surface area contributed by atoms with Crippen molar-refractivity contribution in [1.82, 2.24) is 15.0 Å². The predicted molar refractivity (Wildman–Crippen MR) is 106 cm³/mol. The van der Waals surface area contributed by atoms with Gasteiger partial charge < -0.3 is 14.3 Å². The lowest BCUT2D eigenvalue weighted by Crippen LogP contribution is -2.48. The Kier molecular flexibility index (Phi) is 5.40. The number of hydrogen-bond donors (Lipinski definition) is 0. The number of thiophene rings is 1. The van der Waals surface area contributed by atoms with Gasteiger partial charge in [0.05, 0.1) is 0 Å². The average Bonchev–Trinajstić information content (AvgIpc) is 3.38. The van der Waals surface area contributed by atoms with Crippen LogP contribution in [-0.2, 0) is 11.2 Å². The molecule has 140 valence electrons. The molecule has 0 saturated carbocycles. The molecule has 1 saturated heterocycles. The van der Waals surface area contributed by atoms with Crippen LogP contribution >= 0.6 is 22.9 Å². The zero-order valence-corrected chi connectivity index (χ0v) is 16.2. The van der Waals surface area contributed by atoms with Gasteiger partial charge in [0.2, 0.25) is 17.6 Å². The van der Waals surface area contributed by atoms with Crippen molar-refractivity contribution in [1.29, 1.82) is 0 Å². The maximum absolute atomic E-state index is 12.5. The molecule has 3 aromatic rings. The third-order valence-electron chi connectivity index (χ3n) is 4.61. The first-order valence-corrected chi connectivity index (χ1v) is 10.1. The van der Waals surface area contributed by atoms with E-state index in [1.54, 1.807) is 11.3 Å². The highest BCUT2D eigenvalue weighted by atomic mass is 35.5. The number of aromatic nitrogens is 2. The summed E-state index contributed by atoms with van der Waals surface area (Å²) in [5.41, 5.74) is 2.04. The van der Waals surface area contributed by atoms with Gasteiger partial charge in [0.1, 0.15) is 0 Å². The number of benzene rings is 1. The van der Waals surface area contributed by atoms with Crippen LogP contribution in [0.3, 0.4) is 0 Å². The van der Waals surface area contributed by atoms with E-state index in [1.807, 2.05) is 46.0 Å². The van der Waals surface area contributed by atoms with Gasteiger partial charge in [0.25, 0.3) is 0 Å². The highest BCUT2D eigenvalue weighted by molar-refractivity contribution is 7.08. The topological polar surface area (TPSA) is 62.5 Å². The summed E-state index contributed by atoms with van der Waals surface area (Å²) >= 11 is 7.65. The molecule has 0 radical (unpaired) electrons. The molecule has 8 heteroatoms. The van der Waals surface area contributed by atoms with E-state index in [9.17, 15) is 4.79 Å². The number of rotatable bonds is 5. The number of carbonyl (C=O) groups excluding carboxylic acids is 1. The van der Waals surface area contributed by atoms with E-state index in [0.717, 1.165) is 29.4 Å². The summed E-state index contributed by atoms with van der Waals surface area (Å²) in [6.07, 6.45) is 0.840. The van der Waals surface area contributed by atoms with Crippen LogP contribution in [0.15, 0.2) is 45.6 Å². The Labute approximate surface area is 166 Å². The summed E-state index contributed by atoms with van der Waals surface area (Å²) in [5, 5.41) is 8.65. The number of piperazine rings is 1. The van der Waals surface area contributed by atoms with E-state index < -0.39 is 0 Å². The van der Waals surface area contributed by atoms with Crippen molar-refractivity contribution in [3.05, 3.63) is 52.0 Å². The number of anilines is 1. The minimum atomic E-state index is 0.121. The summed E-state index contributed by atoms with van der Waals surface area (Å²) < 4.78 is 5.26. The first-order valence-electron chi connectivity index (χ1n) is 8.82. The molecule has 3 heterocycles. The monoisotopic (exact) mass is 402 g/mol. The molecule has 27 heavy (non-hydrogen) atoms. The Morgan fingerprint density at radius 1 is 1.22 bits per heavy atom. The third kappa shape index (κ3) is 4.31. The summed E-state index contributed by atoms with van der Waals surface area (Å²) in [6.45, 7) is 3.01. The second kappa shape index (κ2) is 8.10. The van der Waals surface area contributed by atoms with Gasteiger partial charge in [-0.1, -0.05) is 22.8 Å². The first kappa shape index (κ1) is 18.0. The SMILES string of the molecule is O=C(CCc1nc(-c2ccsc2)no1)N1CCN(c2cccc(Cl)c2)CC1. The summed E-state index contributed by atoms with van der Waals surface area (Å²) in [7, 11) is 0. The molecular weight excluding hydrogens is 384 g/mol. The smallest absolute Gasteiger partial charge is 0.227 e. The number of hydrogen-bond acceptors (Lipinski definition) is 6. The third-order valence-corrected chi connectivity index (χ3v) is 5.52. The maximum atomic E-state index is 12.5. The van der Waals surface area contributed by atoms with Crippen LogP contribution in [-0.4, -0.2) is 47.1 Å². The number of halogens is 1. The minimum Gasteiger partial charge on any atom is -0.368 e. The highest BCUT2D eigenvalue weighted by Crippen LogP contribution is 2.21. The molecule has 0 unspecified atom stereocenters. The van der Waals surface area contributed by atoms with Crippen LogP contribution in [0.4, 0.5) is 5.69 Å². The lowest BCUT2D eigenvalue weighted by Gasteiger charge is -2.36. The molecule has 6 nitrogen and oxygen atoms in total. The Hall–Kier alpha value is -2.38. The lowest BCUT2D eigenvalue weighted by molar-refractivity contribution is -0.131. The van der Waals surface area contributed by atoms with E-state index in [1.165, 1.54) is 0 Å². The summed E-state index contributed by atoms with van der Waals surface area (Å²) in [4.78, 5) is 21.0. The van der Waals surface area contributed by atoms with Crippen molar-refractivity contribution in [3.8, 4) is 11.4 Å². The molecule has 1 aliphatic rings. The highest BCUT2D eigenvalue weighted by Gasteiger charge is 2.22. The Morgan fingerprint density at radius 3 is 2.81 bits per heavy atom. The van der Waals surface area contributed by atoms with Crippen LogP contribution in [0.5, 0.6) is 0 Å². The molecule has 0 bridgehead atoms. The van der Waals surface area contributed by atoms with Gasteiger partial charge in [-0.25, -0.2) is 0 Å². The van der Waals surface area contributed by atoms with Gasteiger partial charge in [-0.05, 0) is 29.6 Å². The normalized spacial score (nSPS) is 14.6. The van der Waals surface area contributed by atoms with Crippen LogP contribution in [0.1, 0.15) is 12.3 Å². The average molecular weight is 403 g/mol. The van der Waals surface area contributed by atoms with Crippen molar-refractivity contribution < 1.29 is 9.32 Å². The zero-order chi connectivity index (χ0) is 18.6. The van der Waals surface area contributed by atoms with E-state index >= 15 is 0 Å². The fraction of sp³-hybridized carbons (Fsp3) is 0.316. The molecule has 0 aliphatic carbocycles. The van der Waals surface area contributed by atoms with Crippen LogP contribution in [0.25, 0.3) is 11.4 Å². The molecule has 2 aromatic heterocycles. The second-order valence-corrected chi connectivity index (χ2v) is 7.59. The predicted octanol–water partition coefficient (Wildman–Crippen LogP) is 3.73. The van der Waals surface area contributed by atoms with Gasteiger partial charge >= 0.3 is 0 Å². The van der Waals surface area contributed by atoms with Crippen molar-refractivity contribution in [2.24, 2.45) is 0 Å². The quantitative estimate of drug-likeness (QED) is 0.650. The van der Waals surface area contributed by atoms with Crippen LogP contribution < -0.4 is 4.90 Å². The van der Waals surface area contributed by atoms with Gasteiger partial charge in [-0.15, -0.1) is 0 Å². The van der Waals surface area contributed by atoms with E-state index in [4.69, 9.17) is 16.1 Å². The molecule has 0 atom stereocenters. The van der Waals surface area contributed by atoms with Crippen molar-refractivity contribution in [2.45, 2.75) is 12.8 Å². The number of amides is 1. The summed E-state index contributed by atoms with van der Waals surface area (Å²) in [5.74, 6) is 1.20. The standard InChI is InChI=1S/C19H19ClN4O2S/c20-15-2-1-3-16(12-15)23-7-9-24(10-8-23)18(25)5-4-17-21-19(22-26-17)14-6-11-27-13-14/h1-3,6,11-13H,4-5,7-10H2. The minimum absolute atomic E-state index is 0.121. The van der Waals surface area contributed by atoms with Gasteiger partial charge in [0, 0.05) is 60.7 Å². The van der Waals surface area contributed by atoms with Crippen molar-refractivity contribution >= 4 is 34.5 Å². The molecule has 1 aliphatic heterocycles. The van der Waals surface area contributed by atoms with Gasteiger partial charge in [0.15, 0.2) is 0 Å². The van der Waals surface area contributed by atoms with Crippen LogP contribution in [0, 0.1) is 0 Å². The largest absolute Gasteiger partial charge is 0.368 e. The Morgan fingerprint density at radius 2 is 2.07 bits per heavy atom. The fourth-order valence-electron chi connectivity index (χ4n) is 3.12. The number of carbonyl (C=O) groups is 1. The van der Waals surface area contributed by atoms with Crippen molar-refractivity contribution in [2.75, 3.05) is 31.1 Å². The van der Waals surface area contributed by atoms with Gasteiger partial charge in [-0.3, -0.25) is 4.79 Å². The Balaban J connectivity index is 1.27. The summed E-state index contributed by atoms with van der Waals surface area (Å²) in [6, 6.07) is 9.77. The van der Waals surface area contributed by atoms with E-state index in [-0.39, 0.29) is 5.91 Å². The molecule has 0 N–H and O–H groups in total. The van der Waals surface area contributed by atoms with Crippen molar-refractivity contribution in [3.63, 3.8) is 0 Å². The van der Waals surface area contributed by atoms with Crippen LogP contribution in [0.2, 0.25) is 5.02 Å². The molecule has 1 fully saturated rings. The molecule has 0 spiro atoms. The Bertz CT molecular complexity index is 904. The van der Waals surface area contributed by atoms with Gasteiger partial charge in [-0.2, -0.15) is 16.3 Å². The number of nitrogens with zero attached hydrogens (tertiary/aromatic N) is 4. The zero-order valence-electron chi connectivity index (χ0n) is 14.7. The van der Waals surface area contributed by atoms with E-state index in [2.05, 4.69) is 15.0 Å². The lowest BCUT2D eigenvalue weighted by atomic mass is 10.2. The fourth-order valence-corrected chi connectivity index (χ4v) is 3.94. The molecule has 1 aromatic carbocycles. The number of aryl methyl sites for hydroxylation is 1. The molecule has 1 amide bonds.